The van der Waals surface area contributed by atoms with Crippen molar-refractivity contribution in [3.63, 3.8) is 0 Å². The maximum atomic E-state index is 13.6. The number of fused-ring (bicyclic) bond motifs is 1. The predicted octanol–water partition coefficient (Wildman–Crippen LogP) is 5.13. The highest BCUT2D eigenvalue weighted by molar-refractivity contribution is 5.85. The number of hydrogen-bond acceptors (Lipinski definition) is 5. The third-order valence-corrected chi connectivity index (χ3v) is 5.42. The molecule has 6 heteroatoms. The van der Waals surface area contributed by atoms with E-state index in [0.717, 1.165) is 33.3 Å². The molecule has 0 saturated carbocycles. The topological polar surface area (TPSA) is 71.8 Å². The summed E-state index contributed by atoms with van der Waals surface area (Å²) in [4.78, 5) is 22.3. The molecule has 2 aromatic heterocycles. The zero-order chi connectivity index (χ0) is 22.0. The van der Waals surface area contributed by atoms with E-state index in [1.54, 1.807) is 10.8 Å². The van der Waals surface area contributed by atoms with Crippen molar-refractivity contribution in [3.05, 3.63) is 101 Å². The van der Waals surface area contributed by atoms with Gasteiger partial charge in [0.1, 0.15) is 18.0 Å². The summed E-state index contributed by atoms with van der Waals surface area (Å²) in [6.07, 6.45) is 3.09. The number of aryl methyl sites for hydroxylation is 1. The zero-order valence-corrected chi connectivity index (χ0v) is 17.9. The first-order valence-electron chi connectivity index (χ1n) is 10.2. The molecule has 2 aromatic carbocycles. The fraction of sp³-hybridized carbons (Fsp3) is 0.160. The summed E-state index contributed by atoms with van der Waals surface area (Å²) >= 11 is 0. The second-order valence-corrected chi connectivity index (χ2v) is 7.49. The van der Waals surface area contributed by atoms with Crippen LogP contribution in [0, 0.1) is 13.8 Å². The van der Waals surface area contributed by atoms with Crippen LogP contribution in [0.25, 0.3) is 16.5 Å². The molecule has 0 amide bonds. The molecule has 2 N–H and O–H groups in total. The first-order valence-corrected chi connectivity index (χ1v) is 10.2. The minimum absolute atomic E-state index is 0.0288. The Bertz CT molecular complexity index is 1310. The van der Waals surface area contributed by atoms with Gasteiger partial charge in [-0.05, 0) is 56.1 Å². The maximum Gasteiger partial charge on any atom is 0.263 e. The second kappa shape index (κ2) is 8.44. The maximum absolute atomic E-state index is 13.6. The molecular formula is C25H25N5O. The van der Waals surface area contributed by atoms with Crippen LogP contribution < -0.4 is 16.2 Å². The molecule has 0 bridgehead atoms. The van der Waals surface area contributed by atoms with Gasteiger partial charge in [-0.25, -0.2) is 9.97 Å². The molecule has 156 valence electrons. The van der Waals surface area contributed by atoms with Crippen molar-refractivity contribution >= 4 is 22.4 Å². The van der Waals surface area contributed by atoms with Crippen molar-refractivity contribution in [1.29, 1.82) is 0 Å². The molecule has 0 saturated heterocycles. The van der Waals surface area contributed by atoms with E-state index in [2.05, 4.69) is 33.2 Å². The van der Waals surface area contributed by atoms with Crippen molar-refractivity contribution in [1.82, 2.24) is 14.5 Å². The number of anilines is 2. The van der Waals surface area contributed by atoms with Crippen LogP contribution in [0.3, 0.4) is 0 Å². The Morgan fingerprint density at radius 2 is 1.77 bits per heavy atom. The van der Waals surface area contributed by atoms with Gasteiger partial charge in [0.2, 0.25) is 0 Å². The lowest BCUT2D eigenvalue weighted by atomic mass is 10.0. The summed E-state index contributed by atoms with van der Waals surface area (Å²) in [5, 5.41) is 8.14. The Kier molecular flexibility index (Phi) is 5.54. The van der Waals surface area contributed by atoms with E-state index in [0.29, 0.717) is 11.6 Å². The molecule has 0 fully saturated rings. The molecule has 0 aliphatic carbocycles. The summed E-state index contributed by atoms with van der Waals surface area (Å²) in [7, 11) is 0. The average Bonchev–Trinajstić information content (AvgIpc) is 2.77. The van der Waals surface area contributed by atoms with Gasteiger partial charge in [0.25, 0.3) is 5.56 Å². The fourth-order valence-electron chi connectivity index (χ4n) is 3.83. The lowest BCUT2D eigenvalue weighted by Crippen LogP contribution is -2.26. The third kappa shape index (κ3) is 3.80. The van der Waals surface area contributed by atoms with Gasteiger partial charge in [0, 0.05) is 16.9 Å². The smallest absolute Gasteiger partial charge is 0.263 e. The molecule has 4 rings (SSSR count). The van der Waals surface area contributed by atoms with E-state index in [1.807, 2.05) is 69.3 Å². The molecule has 31 heavy (non-hydrogen) atoms. The van der Waals surface area contributed by atoms with Crippen molar-refractivity contribution in [3.8, 4) is 5.69 Å². The lowest BCUT2D eigenvalue weighted by Gasteiger charge is -2.22. The molecule has 0 spiro atoms. The molecule has 2 heterocycles. The van der Waals surface area contributed by atoms with E-state index in [1.165, 1.54) is 6.33 Å². The average molecular weight is 412 g/mol. The van der Waals surface area contributed by atoms with Crippen molar-refractivity contribution in [2.45, 2.75) is 26.8 Å². The summed E-state index contributed by atoms with van der Waals surface area (Å²) in [5.74, 6) is 1.39. The van der Waals surface area contributed by atoms with E-state index in [9.17, 15) is 4.79 Å². The Labute approximate surface area is 181 Å². The molecule has 1 unspecified atom stereocenters. The first-order chi connectivity index (χ1) is 15.0. The van der Waals surface area contributed by atoms with Crippen LogP contribution in [0.5, 0.6) is 0 Å². The lowest BCUT2D eigenvalue weighted by molar-refractivity contribution is 0.771. The normalized spacial score (nSPS) is 11.8. The van der Waals surface area contributed by atoms with Crippen LogP contribution >= 0.6 is 0 Å². The number of hydrogen-bond donors (Lipinski definition) is 2. The number of nitrogens with zero attached hydrogens (tertiary/aromatic N) is 3. The van der Waals surface area contributed by atoms with Crippen molar-refractivity contribution in [2.75, 3.05) is 10.6 Å². The fourth-order valence-corrected chi connectivity index (χ4v) is 3.83. The molecular weight excluding hydrogens is 386 g/mol. The molecule has 0 aliphatic rings. The van der Waals surface area contributed by atoms with E-state index in [4.69, 9.17) is 0 Å². The third-order valence-electron chi connectivity index (χ3n) is 5.42. The van der Waals surface area contributed by atoms with Crippen LogP contribution in [-0.2, 0) is 0 Å². The summed E-state index contributed by atoms with van der Waals surface area (Å²) in [6.45, 7) is 9.63. The first kappa shape index (κ1) is 20.3. The second-order valence-electron chi connectivity index (χ2n) is 7.49. The summed E-state index contributed by atoms with van der Waals surface area (Å²) < 4.78 is 1.78. The number of rotatable bonds is 6. The molecule has 0 aliphatic heterocycles. The highest BCUT2D eigenvalue weighted by atomic mass is 16.1. The van der Waals surface area contributed by atoms with Crippen molar-refractivity contribution < 1.29 is 0 Å². The predicted molar refractivity (Wildman–Crippen MR) is 127 cm³/mol. The van der Waals surface area contributed by atoms with Crippen molar-refractivity contribution in [2.24, 2.45) is 0 Å². The minimum Gasteiger partial charge on any atom is -0.362 e. The largest absolute Gasteiger partial charge is 0.362 e. The van der Waals surface area contributed by atoms with Crippen LogP contribution in [0.2, 0.25) is 0 Å². The van der Waals surface area contributed by atoms with Crippen LogP contribution in [0.4, 0.5) is 11.6 Å². The van der Waals surface area contributed by atoms with Gasteiger partial charge in [0.15, 0.2) is 0 Å². The van der Waals surface area contributed by atoms with Gasteiger partial charge in [-0.2, -0.15) is 0 Å². The Balaban J connectivity index is 1.88. The minimum atomic E-state index is -0.192. The Morgan fingerprint density at radius 1 is 1.03 bits per heavy atom. The highest BCUT2D eigenvalue weighted by Gasteiger charge is 2.18. The standard InChI is InChI=1S/C25H25N5O/c1-5-26-23-17(3)24(28-15-27-23)29-18(4)21-14-19-11-9-10-16(2)22(19)25(31)30(21)20-12-7-6-8-13-20/h5-15,18H,1H2,2-4H3,(H2,26,27,28,29). The molecule has 1 atom stereocenters. The van der Waals surface area contributed by atoms with E-state index >= 15 is 0 Å². The van der Waals surface area contributed by atoms with Gasteiger partial charge >= 0.3 is 0 Å². The van der Waals surface area contributed by atoms with Gasteiger partial charge in [-0.3, -0.25) is 9.36 Å². The van der Waals surface area contributed by atoms with Crippen LogP contribution in [0.15, 0.2) is 78.5 Å². The number of nitrogens with one attached hydrogen (secondary N) is 2. The number of para-hydroxylation sites is 1. The van der Waals surface area contributed by atoms with Crippen LogP contribution in [0.1, 0.15) is 29.8 Å². The van der Waals surface area contributed by atoms with Gasteiger partial charge < -0.3 is 10.6 Å². The molecule has 4 aromatic rings. The summed E-state index contributed by atoms with van der Waals surface area (Å²) in [6, 6.07) is 17.5. The number of benzene rings is 2. The quantitative estimate of drug-likeness (QED) is 0.460. The van der Waals surface area contributed by atoms with E-state index < -0.39 is 0 Å². The number of aromatic nitrogens is 3. The number of pyridine rings is 1. The van der Waals surface area contributed by atoms with Gasteiger partial charge in [-0.1, -0.05) is 43.0 Å². The molecule has 0 radical (unpaired) electrons. The highest BCUT2D eigenvalue weighted by Crippen LogP contribution is 2.27. The monoisotopic (exact) mass is 411 g/mol. The van der Waals surface area contributed by atoms with Gasteiger partial charge in [0.05, 0.1) is 11.4 Å². The van der Waals surface area contributed by atoms with E-state index in [-0.39, 0.29) is 11.6 Å². The van der Waals surface area contributed by atoms with Gasteiger partial charge in [-0.15, -0.1) is 0 Å². The Hall–Kier alpha value is -3.93. The van der Waals surface area contributed by atoms with Crippen LogP contribution in [-0.4, -0.2) is 14.5 Å². The Morgan fingerprint density at radius 3 is 2.52 bits per heavy atom. The molecule has 6 nitrogen and oxygen atoms in total. The SMILES string of the molecule is C=CNc1ncnc(NC(C)c2cc3cccc(C)c3c(=O)n2-c2ccccc2)c1C. The summed E-state index contributed by atoms with van der Waals surface area (Å²) in [5.41, 5.74) is 3.49. The zero-order valence-electron chi connectivity index (χ0n) is 17.9.